The van der Waals surface area contributed by atoms with Crippen molar-refractivity contribution in [1.29, 1.82) is 0 Å². The summed E-state index contributed by atoms with van der Waals surface area (Å²) in [6.07, 6.45) is 7.15. The summed E-state index contributed by atoms with van der Waals surface area (Å²) in [6, 6.07) is 0.183. The maximum atomic E-state index is 5.76. The summed E-state index contributed by atoms with van der Waals surface area (Å²) in [5, 5.41) is 0. The highest BCUT2D eigenvalue weighted by atomic mass is 14.6. The first-order valence-electron chi connectivity index (χ1n) is 5.70. The SMILES string of the molecule is CC(N)C=CC1C(C)(C)CCC1(C)C. The monoisotopic (exact) mass is 195 g/mol. The fourth-order valence-electron chi connectivity index (χ4n) is 2.82. The molecule has 1 nitrogen and oxygen atoms in total. The van der Waals surface area contributed by atoms with E-state index < -0.39 is 0 Å². The maximum absolute atomic E-state index is 5.76. The minimum atomic E-state index is 0.183. The van der Waals surface area contributed by atoms with E-state index in [0.717, 1.165) is 0 Å². The summed E-state index contributed by atoms with van der Waals surface area (Å²) in [4.78, 5) is 0. The van der Waals surface area contributed by atoms with Crippen molar-refractivity contribution in [3.63, 3.8) is 0 Å². The Kier molecular flexibility index (Phi) is 3.10. The quantitative estimate of drug-likeness (QED) is 0.672. The zero-order chi connectivity index (χ0) is 11.0. The van der Waals surface area contributed by atoms with Gasteiger partial charge in [-0.1, -0.05) is 39.8 Å². The second kappa shape index (κ2) is 3.69. The molecular formula is C13H25N. The molecule has 0 radical (unpaired) electrons. The predicted molar refractivity (Wildman–Crippen MR) is 63.1 cm³/mol. The molecule has 1 atom stereocenters. The van der Waals surface area contributed by atoms with Gasteiger partial charge in [0.25, 0.3) is 0 Å². The topological polar surface area (TPSA) is 26.0 Å². The molecule has 1 saturated carbocycles. The average molecular weight is 195 g/mol. The van der Waals surface area contributed by atoms with Gasteiger partial charge in [0.15, 0.2) is 0 Å². The molecule has 0 saturated heterocycles. The molecule has 82 valence electrons. The Labute approximate surface area is 88.8 Å². The Morgan fingerprint density at radius 1 is 1.14 bits per heavy atom. The number of allylic oxidation sites excluding steroid dienone is 1. The lowest BCUT2D eigenvalue weighted by atomic mass is 9.72. The van der Waals surface area contributed by atoms with Gasteiger partial charge in [0.1, 0.15) is 0 Å². The van der Waals surface area contributed by atoms with Crippen LogP contribution >= 0.6 is 0 Å². The Morgan fingerprint density at radius 2 is 1.57 bits per heavy atom. The van der Waals surface area contributed by atoms with Crippen molar-refractivity contribution in [1.82, 2.24) is 0 Å². The van der Waals surface area contributed by atoms with Crippen molar-refractivity contribution in [2.24, 2.45) is 22.5 Å². The van der Waals surface area contributed by atoms with Crippen molar-refractivity contribution in [3.05, 3.63) is 12.2 Å². The molecule has 1 unspecified atom stereocenters. The van der Waals surface area contributed by atoms with Crippen molar-refractivity contribution in [2.75, 3.05) is 0 Å². The van der Waals surface area contributed by atoms with E-state index in [4.69, 9.17) is 5.73 Å². The Balaban J connectivity index is 2.82. The second-order valence-electron chi connectivity index (χ2n) is 6.20. The van der Waals surface area contributed by atoms with Gasteiger partial charge in [0.2, 0.25) is 0 Å². The zero-order valence-corrected chi connectivity index (χ0v) is 10.3. The maximum Gasteiger partial charge on any atom is 0.0194 e. The van der Waals surface area contributed by atoms with E-state index in [1.165, 1.54) is 12.8 Å². The molecule has 1 heteroatoms. The molecule has 1 aliphatic carbocycles. The van der Waals surface area contributed by atoms with Crippen LogP contribution < -0.4 is 5.73 Å². The molecule has 0 amide bonds. The molecule has 1 rings (SSSR count). The van der Waals surface area contributed by atoms with Gasteiger partial charge in [-0.05, 0) is 36.5 Å². The third-order valence-corrected chi connectivity index (χ3v) is 3.70. The molecule has 0 aromatic carbocycles. The first-order valence-corrected chi connectivity index (χ1v) is 5.70. The van der Waals surface area contributed by atoms with Gasteiger partial charge in [-0.15, -0.1) is 0 Å². The zero-order valence-electron chi connectivity index (χ0n) is 10.3. The molecule has 0 aromatic heterocycles. The first-order chi connectivity index (χ1) is 6.26. The van der Waals surface area contributed by atoms with Crippen molar-refractivity contribution in [2.45, 2.75) is 53.5 Å². The van der Waals surface area contributed by atoms with Crippen molar-refractivity contribution in [3.8, 4) is 0 Å². The summed E-state index contributed by atoms with van der Waals surface area (Å²) >= 11 is 0. The third-order valence-electron chi connectivity index (χ3n) is 3.70. The lowest BCUT2D eigenvalue weighted by Gasteiger charge is -2.33. The van der Waals surface area contributed by atoms with E-state index in [1.54, 1.807) is 0 Å². The first kappa shape index (κ1) is 11.8. The molecular weight excluding hydrogens is 170 g/mol. The molecule has 2 N–H and O–H groups in total. The summed E-state index contributed by atoms with van der Waals surface area (Å²) < 4.78 is 0. The minimum absolute atomic E-state index is 0.183. The van der Waals surface area contributed by atoms with Gasteiger partial charge in [-0.2, -0.15) is 0 Å². The normalized spacial score (nSPS) is 28.4. The largest absolute Gasteiger partial charge is 0.325 e. The molecule has 0 spiro atoms. The molecule has 0 aliphatic heterocycles. The highest BCUT2D eigenvalue weighted by Crippen LogP contribution is 2.54. The standard InChI is InChI=1S/C13H25N/c1-10(14)6-7-11-12(2,3)8-9-13(11,4)5/h6-7,10-11H,8-9,14H2,1-5H3. The lowest BCUT2D eigenvalue weighted by Crippen LogP contribution is -2.26. The Bertz CT molecular complexity index is 207. The molecule has 1 fully saturated rings. The molecule has 1 aliphatic rings. The highest BCUT2D eigenvalue weighted by molar-refractivity contribution is 5.07. The average Bonchev–Trinajstić information content (AvgIpc) is 2.19. The van der Waals surface area contributed by atoms with Crippen LogP contribution in [0.15, 0.2) is 12.2 Å². The number of nitrogens with two attached hydrogens (primary N) is 1. The van der Waals surface area contributed by atoms with Gasteiger partial charge < -0.3 is 5.73 Å². The van der Waals surface area contributed by atoms with Crippen LogP contribution in [0.25, 0.3) is 0 Å². The van der Waals surface area contributed by atoms with Gasteiger partial charge in [-0.25, -0.2) is 0 Å². The fourth-order valence-corrected chi connectivity index (χ4v) is 2.82. The van der Waals surface area contributed by atoms with Gasteiger partial charge >= 0.3 is 0 Å². The smallest absolute Gasteiger partial charge is 0.0194 e. The van der Waals surface area contributed by atoms with Gasteiger partial charge in [0.05, 0.1) is 0 Å². The van der Waals surface area contributed by atoms with Crippen molar-refractivity contribution >= 4 is 0 Å². The van der Waals surface area contributed by atoms with Crippen LogP contribution in [0, 0.1) is 16.7 Å². The number of hydrogen-bond acceptors (Lipinski definition) is 1. The van der Waals surface area contributed by atoms with Crippen LogP contribution in [0.2, 0.25) is 0 Å². The van der Waals surface area contributed by atoms with Gasteiger partial charge in [0, 0.05) is 6.04 Å². The van der Waals surface area contributed by atoms with Gasteiger partial charge in [-0.3, -0.25) is 0 Å². The van der Waals surface area contributed by atoms with E-state index in [-0.39, 0.29) is 6.04 Å². The van der Waals surface area contributed by atoms with Crippen LogP contribution in [0.3, 0.4) is 0 Å². The van der Waals surface area contributed by atoms with E-state index in [2.05, 4.69) is 39.8 Å². The summed E-state index contributed by atoms with van der Waals surface area (Å²) in [5.41, 5.74) is 6.64. The molecule has 14 heavy (non-hydrogen) atoms. The summed E-state index contributed by atoms with van der Waals surface area (Å²) in [6.45, 7) is 11.5. The van der Waals surface area contributed by atoms with E-state index in [1.807, 2.05) is 6.92 Å². The van der Waals surface area contributed by atoms with E-state index in [0.29, 0.717) is 16.7 Å². The summed E-state index contributed by atoms with van der Waals surface area (Å²) in [5.74, 6) is 0.668. The highest BCUT2D eigenvalue weighted by Gasteiger charge is 2.45. The van der Waals surface area contributed by atoms with E-state index >= 15 is 0 Å². The van der Waals surface area contributed by atoms with Crippen LogP contribution in [-0.2, 0) is 0 Å². The summed E-state index contributed by atoms with van der Waals surface area (Å²) in [7, 11) is 0. The minimum Gasteiger partial charge on any atom is -0.325 e. The predicted octanol–water partition coefficient (Wildman–Crippen LogP) is 3.35. The van der Waals surface area contributed by atoms with E-state index in [9.17, 15) is 0 Å². The molecule has 0 bridgehead atoms. The lowest BCUT2D eigenvalue weighted by molar-refractivity contribution is 0.210. The molecule has 0 aromatic rings. The number of hydrogen-bond donors (Lipinski definition) is 1. The Morgan fingerprint density at radius 3 is 1.93 bits per heavy atom. The van der Waals surface area contributed by atoms with Crippen LogP contribution in [-0.4, -0.2) is 6.04 Å². The van der Waals surface area contributed by atoms with Crippen LogP contribution in [0.1, 0.15) is 47.5 Å². The van der Waals surface area contributed by atoms with Crippen LogP contribution in [0.5, 0.6) is 0 Å². The van der Waals surface area contributed by atoms with Crippen LogP contribution in [0.4, 0.5) is 0 Å². The molecule has 0 heterocycles. The number of rotatable bonds is 2. The fraction of sp³-hybridized carbons (Fsp3) is 0.846. The second-order valence-corrected chi connectivity index (χ2v) is 6.20. The Hall–Kier alpha value is -0.300. The third kappa shape index (κ3) is 2.38. The van der Waals surface area contributed by atoms with Crippen molar-refractivity contribution < 1.29 is 0 Å².